The topological polar surface area (TPSA) is 122 Å². The molecule has 0 saturated heterocycles. The van der Waals surface area contributed by atoms with Crippen molar-refractivity contribution in [3.8, 4) is 0 Å². The molecule has 1 unspecified atom stereocenters. The molecule has 0 aliphatic carbocycles. The number of aliphatic hydroxyl groups excluding tert-OH is 1. The lowest BCUT2D eigenvalue weighted by Gasteiger charge is -2.20. The average molecular weight is 367 g/mol. The first kappa shape index (κ1) is 19.1. The second kappa shape index (κ2) is 7.34. The van der Waals surface area contributed by atoms with Crippen molar-refractivity contribution in [2.24, 2.45) is 0 Å². The summed E-state index contributed by atoms with van der Waals surface area (Å²) in [7, 11) is -3.97. The summed E-state index contributed by atoms with van der Waals surface area (Å²) in [5.74, 6) is -0.622. The molecule has 0 aliphatic heterocycles. The fourth-order valence-electron chi connectivity index (χ4n) is 2.05. The number of nitrogens with zero attached hydrogens (tertiary/aromatic N) is 1. The van der Waals surface area contributed by atoms with Crippen LogP contribution >= 0.6 is 0 Å². The van der Waals surface area contributed by atoms with Gasteiger partial charge in [-0.3, -0.25) is 4.79 Å². The zero-order chi connectivity index (χ0) is 18.7. The van der Waals surface area contributed by atoms with Crippen LogP contribution in [-0.4, -0.2) is 37.2 Å². The molecular weight excluding hydrogens is 346 g/mol. The lowest BCUT2D eigenvalue weighted by Crippen LogP contribution is -2.46. The van der Waals surface area contributed by atoms with E-state index in [9.17, 15) is 18.3 Å². The molecule has 0 saturated carbocycles. The summed E-state index contributed by atoms with van der Waals surface area (Å²) in [5.41, 5.74) is 0.870. The van der Waals surface area contributed by atoms with Crippen LogP contribution in [0.25, 0.3) is 0 Å². The van der Waals surface area contributed by atoms with E-state index in [0.29, 0.717) is 0 Å². The molecule has 1 heterocycles. The molecule has 0 radical (unpaired) electrons. The van der Waals surface area contributed by atoms with Crippen molar-refractivity contribution in [3.63, 3.8) is 0 Å². The molecule has 0 fully saturated rings. The largest absolute Gasteiger partial charge is 0.394 e. The molecule has 3 N–H and O–H groups in total. The second-order valence-corrected chi connectivity index (χ2v) is 8.22. The molecule has 0 spiro atoms. The first-order valence-corrected chi connectivity index (χ1v) is 9.07. The Labute approximate surface area is 146 Å². The Bertz CT molecular complexity index is 808. The zero-order valence-electron chi connectivity index (χ0n) is 14.2. The summed E-state index contributed by atoms with van der Waals surface area (Å²) < 4.78 is 31.6. The third-order valence-electron chi connectivity index (χ3n) is 3.52. The van der Waals surface area contributed by atoms with Gasteiger partial charge in [-0.25, -0.2) is 8.42 Å². The Morgan fingerprint density at radius 1 is 1.24 bits per heavy atom. The molecule has 0 bridgehead atoms. The van der Waals surface area contributed by atoms with Crippen LogP contribution in [0, 0.1) is 0 Å². The Morgan fingerprint density at radius 3 is 2.36 bits per heavy atom. The number of carbonyl (C=O) groups is 1. The van der Waals surface area contributed by atoms with Crippen molar-refractivity contribution in [2.45, 2.75) is 37.1 Å². The van der Waals surface area contributed by atoms with Gasteiger partial charge in [-0.15, -0.1) is 0 Å². The Kier molecular flexibility index (Phi) is 5.61. The molecule has 1 amide bonds. The van der Waals surface area contributed by atoms with E-state index < -0.39 is 28.6 Å². The number of anilines is 1. The highest BCUT2D eigenvalue weighted by Crippen LogP contribution is 2.23. The van der Waals surface area contributed by atoms with Gasteiger partial charge in [0.25, 0.3) is 0 Å². The lowest BCUT2D eigenvalue weighted by atomic mass is 9.87. The summed E-state index contributed by atoms with van der Waals surface area (Å²) in [6.07, 6.45) is 1.25. The molecule has 0 aliphatic rings. The number of hydrogen-bond donors (Lipinski definition) is 3. The van der Waals surface area contributed by atoms with Gasteiger partial charge < -0.3 is 14.9 Å². The summed E-state index contributed by atoms with van der Waals surface area (Å²) in [4.78, 5) is 12.1. The highest BCUT2D eigenvalue weighted by atomic mass is 32.2. The van der Waals surface area contributed by atoms with Crippen LogP contribution in [0.2, 0.25) is 0 Å². The number of aromatic nitrogens is 1. The van der Waals surface area contributed by atoms with Crippen LogP contribution in [0.4, 0.5) is 5.82 Å². The number of aliphatic hydroxyl groups is 1. The fraction of sp³-hybridized carbons (Fsp3) is 0.375. The van der Waals surface area contributed by atoms with Gasteiger partial charge >= 0.3 is 0 Å². The van der Waals surface area contributed by atoms with Crippen molar-refractivity contribution in [3.05, 3.63) is 42.2 Å². The average Bonchev–Trinajstić information content (AvgIpc) is 3.04. The molecule has 2 rings (SSSR count). The van der Waals surface area contributed by atoms with Crippen molar-refractivity contribution in [2.75, 3.05) is 11.9 Å². The van der Waals surface area contributed by atoms with Gasteiger partial charge in [0.05, 0.1) is 11.5 Å². The summed E-state index contributed by atoms with van der Waals surface area (Å²) in [6.45, 7) is 5.35. The van der Waals surface area contributed by atoms with Gasteiger partial charge in [-0.2, -0.15) is 4.72 Å². The number of sulfonamides is 1. The van der Waals surface area contributed by atoms with Crippen molar-refractivity contribution in [1.82, 2.24) is 9.88 Å². The van der Waals surface area contributed by atoms with Crippen LogP contribution in [-0.2, 0) is 20.2 Å². The molecule has 9 heteroatoms. The third-order valence-corrected chi connectivity index (χ3v) is 5.00. The van der Waals surface area contributed by atoms with Gasteiger partial charge in [0.2, 0.25) is 15.9 Å². The number of benzene rings is 1. The number of rotatable bonds is 6. The first-order valence-electron chi connectivity index (χ1n) is 7.58. The van der Waals surface area contributed by atoms with E-state index in [1.165, 1.54) is 24.5 Å². The molecule has 25 heavy (non-hydrogen) atoms. The van der Waals surface area contributed by atoms with E-state index in [0.717, 1.165) is 5.56 Å². The minimum absolute atomic E-state index is 0.00758. The molecule has 1 aromatic carbocycles. The minimum Gasteiger partial charge on any atom is -0.394 e. The van der Waals surface area contributed by atoms with E-state index in [-0.39, 0.29) is 16.1 Å². The van der Waals surface area contributed by atoms with E-state index >= 15 is 0 Å². The highest BCUT2D eigenvalue weighted by molar-refractivity contribution is 7.89. The Morgan fingerprint density at radius 2 is 1.88 bits per heavy atom. The van der Waals surface area contributed by atoms with Crippen LogP contribution < -0.4 is 10.0 Å². The minimum atomic E-state index is -3.97. The first-order chi connectivity index (χ1) is 11.6. The zero-order valence-corrected chi connectivity index (χ0v) is 15.0. The van der Waals surface area contributed by atoms with Crippen LogP contribution in [0.5, 0.6) is 0 Å². The van der Waals surface area contributed by atoms with Crippen LogP contribution in [0.15, 0.2) is 46.0 Å². The number of amides is 1. The number of carbonyl (C=O) groups excluding carboxylic acids is 1. The quantitative estimate of drug-likeness (QED) is 0.706. The molecule has 1 aromatic heterocycles. The second-order valence-electron chi connectivity index (χ2n) is 6.50. The Hall–Kier alpha value is -2.23. The van der Waals surface area contributed by atoms with Gasteiger partial charge in [-0.1, -0.05) is 38.1 Å². The maximum Gasteiger partial charge on any atom is 0.246 e. The Balaban J connectivity index is 2.14. The fourth-order valence-corrected chi connectivity index (χ4v) is 3.24. The molecule has 2 aromatic rings. The number of hydrogen-bond acceptors (Lipinski definition) is 6. The maximum atomic E-state index is 12.4. The highest BCUT2D eigenvalue weighted by Gasteiger charge is 2.26. The predicted molar refractivity (Wildman–Crippen MR) is 91.5 cm³/mol. The van der Waals surface area contributed by atoms with E-state index in [1.54, 1.807) is 12.1 Å². The van der Waals surface area contributed by atoms with E-state index in [2.05, 4.69) is 19.7 Å². The molecule has 8 nitrogen and oxygen atoms in total. The van der Waals surface area contributed by atoms with Crippen molar-refractivity contribution < 1.29 is 22.8 Å². The van der Waals surface area contributed by atoms with E-state index in [4.69, 9.17) is 0 Å². The van der Waals surface area contributed by atoms with Crippen LogP contribution in [0.3, 0.4) is 0 Å². The van der Waals surface area contributed by atoms with Gasteiger partial charge in [0.15, 0.2) is 5.82 Å². The molecular formula is C16H21N3O5S. The summed E-state index contributed by atoms with van der Waals surface area (Å²) >= 11 is 0. The molecule has 136 valence electrons. The summed E-state index contributed by atoms with van der Waals surface area (Å²) in [5, 5.41) is 15.2. The van der Waals surface area contributed by atoms with E-state index in [1.807, 2.05) is 20.8 Å². The smallest absolute Gasteiger partial charge is 0.246 e. The standard InChI is InChI=1S/C16H21N3O5S/c1-16(2,3)11-4-6-12(7-5-11)25(22,23)19-13(10-20)15(21)17-14-8-9-24-18-14/h4-9,13,19-20H,10H2,1-3H3,(H,17,18,21). The predicted octanol–water partition coefficient (Wildman–Crippen LogP) is 1.25. The van der Waals surface area contributed by atoms with Gasteiger partial charge in [0.1, 0.15) is 12.3 Å². The number of nitrogens with one attached hydrogen (secondary N) is 2. The van der Waals surface area contributed by atoms with Crippen LogP contribution in [0.1, 0.15) is 26.3 Å². The monoisotopic (exact) mass is 367 g/mol. The molecule has 1 atom stereocenters. The SMILES string of the molecule is CC(C)(C)c1ccc(S(=O)(=O)NC(CO)C(=O)Nc2ccon2)cc1. The maximum absolute atomic E-state index is 12.4. The van der Waals surface area contributed by atoms with Gasteiger partial charge in [0, 0.05) is 6.07 Å². The van der Waals surface area contributed by atoms with Crippen molar-refractivity contribution >= 4 is 21.7 Å². The normalized spacial score (nSPS) is 13.4. The third kappa shape index (κ3) is 4.88. The lowest BCUT2D eigenvalue weighted by molar-refractivity contribution is -0.118. The van der Waals surface area contributed by atoms with Crippen molar-refractivity contribution in [1.29, 1.82) is 0 Å². The summed E-state index contributed by atoms with van der Waals surface area (Å²) in [6, 6.07) is 6.41. The van der Waals surface area contributed by atoms with Gasteiger partial charge in [-0.05, 0) is 23.1 Å².